The number of aryl methyl sites for hydroxylation is 1. The number of thiocarbonyl (C=S) groups is 1. The summed E-state index contributed by atoms with van der Waals surface area (Å²) < 4.78 is 15.4. The Labute approximate surface area is 151 Å². The summed E-state index contributed by atoms with van der Waals surface area (Å²) in [4.78, 5) is 0. The number of nitrogens with zero attached hydrogens (tertiary/aromatic N) is 2. The van der Waals surface area contributed by atoms with Crippen molar-refractivity contribution >= 4 is 28.8 Å². The largest absolute Gasteiger partial charge is 0.332 e. The van der Waals surface area contributed by atoms with Gasteiger partial charge < -0.3 is 10.6 Å². The van der Waals surface area contributed by atoms with Crippen LogP contribution in [0.3, 0.4) is 0 Å². The predicted molar refractivity (Wildman–Crippen MR) is 103 cm³/mol. The summed E-state index contributed by atoms with van der Waals surface area (Å²) in [7, 11) is 0. The molecule has 2 N–H and O–H groups in total. The van der Waals surface area contributed by atoms with Crippen molar-refractivity contribution in [3.05, 3.63) is 77.7 Å². The van der Waals surface area contributed by atoms with Gasteiger partial charge in [0.15, 0.2) is 10.9 Å². The molecule has 0 fully saturated rings. The molecule has 6 heteroatoms. The summed E-state index contributed by atoms with van der Waals surface area (Å²) in [6.07, 6.45) is 2.79. The molecule has 3 rings (SSSR count). The molecule has 0 aliphatic carbocycles. The fraction of sp³-hybridized carbons (Fsp3) is 0.158. The number of hydrogen-bond donors (Lipinski definition) is 2. The second kappa shape index (κ2) is 7.90. The van der Waals surface area contributed by atoms with Crippen LogP contribution >= 0.6 is 12.2 Å². The third-order valence-electron chi connectivity index (χ3n) is 3.79. The number of nitrogens with one attached hydrogen (secondary N) is 2. The molecule has 0 atom stereocenters. The van der Waals surface area contributed by atoms with E-state index in [9.17, 15) is 4.39 Å². The van der Waals surface area contributed by atoms with Gasteiger partial charge in [-0.25, -0.2) is 4.39 Å². The van der Waals surface area contributed by atoms with Gasteiger partial charge in [-0.1, -0.05) is 37.3 Å². The minimum atomic E-state index is -0.236. The van der Waals surface area contributed by atoms with Gasteiger partial charge in [-0.05, 0) is 42.4 Å². The minimum absolute atomic E-state index is 0.236. The minimum Gasteiger partial charge on any atom is -0.332 e. The maximum Gasteiger partial charge on any atom is 0.176 e. The van der Waals surface area contributed by atoms with Crippen LogP contribution in [0.1, 0.15) is 18.1 Å². The second-order valence-electron chi connectivity index (χ2n) is 5.62. The monoisotopic (exact) mass is 354 g/mol. The molecule has 0 saturated carbocycles. The van der Waals surface area contributed by atoms with E-state index in [2.05, 4.69) is 34.8 Å². The number of hydrogen-bond acceptors (Lipinski definition) is 2. The number of benzene rings is 2. The predicted octanol–water partition coefficient (Wildman–Crippen LogP) is 4.44. The first-order valence-corrected chi connectivity index (χ1v) is 8.48. The average Bonchev–Trinajstić information content (AvgIpc) is 3.04. The number of aromatic nitrogens is 2. The summed E-state index contributed by atoms with van der Waals surface area (Å²) in [5.74, 6) is 0.374. The first-order valence-electron chi connectivity index (χ1n) is 8.08. The highest BCUT2D eigenvalue weighted by molar-refractivity contribution is 7.80. The van der Waals surface area contributed by atoms with Crippen LogP contribution in [0.15, 0.2) is 60.8 Å². The van der Waals surface area contributed by atoms with E-state index in [0.29, 0.717) is 23.0 Å². The highest BCUT2D eigenvalue weighted by Crippen LogP contribution is 2.12. The third-order valence-corrected chi connectivity index (χ3v) is 4.00. The Kier molecular flexibility index (Phi) is 5.40. The van der Waals surface area contributed by atoms with Gasteiger partial charge in [0.25, 0.3) is 0 Å². The van der Waals surface area contributed by atoms with Crippen molar-refractivity contribution < 1.29 is 4.39 Å². The lowest BCUT2D eigenvalue weighted by Crippen LogP contribution is -2.19. The topological polar surface area (TPSA) is 41.9 Å². The van der Waals surface area contributed by atoms with E-state index in [4.69, 9.17) is 12.2 Å². The number of rotatable bonds is 5. The molecular weight excluding hydrogens is 335 g/mol. The lowest BCUT2D eigenvalue weighted by molar-refractivity contribution is 0.586. The van der Waals surface area contributed by atoms with E-state index in [1.807, 2.05) is 18.2 Å². The van der Waals surface area contributed by atoms with Crippen LogP contribution in [0.25, 0.3) is 0 Å². The maximum absolute atomic E-state index is 13.7. The molecule has 4 nitrogen and oxygen atoms in total. The van der Waals surface area contributed by atoms with Crippen molar-refractivity contribution in [3.8, 4) is 0 Å². The van der Waals surface area contributed by atoms with Crippen LogP contribution in [-0.2, 0) is 13.0 Å². The molecule has 3 aromatic rings. The lowest BCUT2D eigenvalue weighted by atomic mass is 10.1. The molecule has 0 aliphatic heterocycles. The molecule has 0 saturated heterocycles. The number of anilines is 2. The summed E-state index contributed by atoms with van der Waals surface area (Å²) in [5, 5.41) is 11.0. The third kappa shape index (κ3) is 4.64. The molecule has 0 spiro atoms. The highest BCUT2D eigenvalue weighted by Gasteiger charge is 2.05. The molecule has 0 unspecified atom stereocenters. The Morgan fingerprint density at radius 3 is 2.56 bits per heavy atom. The molecule has 1 aromatic heterocycles. The first kappa shape index (κ1) is 17.1. The molecule has 1 heterocycles. The van der Waals surface area contributed by atoms with E-state index in [1.165, 1.54) is 11.6 Å². The van der Waals surface area contributed by atoms with Gasteiger partial charge in [0.2, 0.25) is 0 Å². The SMILES string of the molecule is CCc1ccc(NC(=S)Nc2ccn(Cc3ccccc3F)n2)cc1. The van der Waals surface area contributed by atoms with Crippen molar-refractivity contribution in [2.75, 3.05) is 10.6 Å². The van der Waals surface area contributed by atoms with E-state index < -0.39 is 0 Å². The van der Waals surface area contributed by atoms with Crippen molar-refractivity contribution in [2.45, 2.75) is 19.9 Å². The summed E-state index contributed by atoms with van der Waals surface area (Å²) in [5.41, 5.74) is 2.78. The Balaban J connectivity index is 1.58. The average molecular weight is 354 g/mol. The maximum atomic E-state index is 13.7. The quantitative estimate of drug-likeness (QED) is 0.665. The Hall–Kier alpha value is -2.73. The van der Waals surface area contributed by atoms with Crippen LogP contribution in [-0.4, -0.2) is 14.9 Å². The molecule has 2 aromatic carbocycles. The van der Waals surface area contributed by atoms with Crippen LogP contribution in [0.5, 0.6) is 0 Å². The summed E-state index contributed by atoms with van der Waals surface area (Å²) >= 11 is 5.31. The molecule has 0 radical (unpaired) electrons. The summed E-state index contributed by atoms with van der Waals surface area (Å²) in [6.45, 7) is 2.49. The fourth-order valence-electron chi connectivity index (χ4n) is 2.42. The van der Waals surface area contributed by atoms with Gasteiger partial charge >= 0.3 is 0 Å². The molecule has 0 aliphatic rings. The number of halogens is 1. The highest BCUT2D eigenvalue weighted by atomic mass is 32.1. The summed E-state index contributed by atoms with van der Waals surface area (Å²) in [6, 6.07) is 16.6. The van der Waals surface area contributed by atoms with Gasteiger partial charge in [-0.3, -0.25) is 4.68 Å². The standard InChI is InChI=1S/C19H19FN4S/c1-2-14-7-9-16(10-8-14)21-19(25)22-18-11-12-24(23-18)13-15-5-3-4-6-17(15)20/h3-12H,2,13H2,1H3,(H2,21,22,23,25). The smallest absolute Gasteiger partial charge is 0.176 e. The zero-order valence-corrected chi connectivity index (χ0v) is 14.7. The van der Waals surface area contributed by atoms with E-state index >= 15 is 0 Å². The van der Waals surface area contributed by atoms with E-state index in [1.54, 1.807) is 29.1 Å². The first-order chi connectivity index (χ1) is 12.1. The van der Waals surface area contributed by atoms with E-state index in [0.717, 1.165) is 12.1 Å². The zero-order chi connectivity index (χ0) is 17.6. The van der Waals surface area contributed by atoms with Gasteiger partial charge in [0.1, 0.15) is 5.82 Å². The van der Waals surface area contributed by atoms with Crippen molar-refractivity contribution in [2.24, 2.45) is 0 Å². The van der Waals surface area contributed by atoms with Crippen LogP contribution in [0.4, 0.5) is 15.9 Å². The van der Waals surface area contributed by atoms with Crippen molar-refractivity contribution in [1.82, 2.24) is 9.78 Å². The normalized spacial score (nSPS) is 10.5. The molecule has 25 heavy (non-hydrogen) atoms. The van der Waals surface area contributed by atoms with Gasteiger partial charge in [-0.2, -0.15) is 5.10 Å². The lowest BCUT2D eigenvalue weighted by Gasteiger charge is -2.09. The van der Waals surface area contributed by atoms with Gasteiger partial charge in [0.05, 0.1) is 6.54 Å². The van der Waals surface area contributed by atoms with Crippen molar-refractivity contribution in [1.29, 1.82) is 0 Å². The second-order valence-corrected chi connectivity index (χ2v) is 6.03. The molecule has 128 valence electrons. The van der Waals surface area contributed by atoms with Crippen LogP contribution < -0.4 is 10.6 Å². The van der Waals surface area contributed by atoms with Crippen LogP contribution in [0.2, 0.25) is 0 Å². The Bertz CT molecular complexity index is 858. The van der Waals surface area contributed by atoms with Crippen LogP contribution in [0, 0.1) is 5.82 Å². The molecule has 0 amide bonds. The van der Waals surface area contributed by atoms with Crippen molar-refractivity contribution in [3.63, 3.8) is 0 Å². The van der Waals surface area contributed by atoms with Gasteiger partial charge in [-0.15, -0.1) is 0 Å². The molecule has 0 bridgehead atoms. The van der Waals surface area contributed by atoms with Gasteiger partial charge in [0, 0.05) is 23.5 Å². The fourth-order valence-corrected chi connectivity index (χ4v) is 2.64. The van der Waals surface area contributed by atoms with E-state index in [-0.39, 0.29) is 5.82 Å². The Morgan fingerprint density at radius 2 is 1.84 bits per heavy atom. The Morgan fingerprint density at radius 1 is 1.08 bits per heavy atom. The zero-order valence-electron chi connectivity index (χ0n) is 13.9. The molecular formula is C19H19FN4S.